The van der Waals surface area contributed by atoms with E-state index in [9.17, 15) is 17.6 Å². The minimum atomic E-state index is -4.71. The Morgan fingerprint density at radius 3 is 2.38 bits per heavy atom. The second-order valence-corrected chi connectivity index (χ2v) is 6.57. The van der Waals surface area contributed by atoms with Crippen LogP contribution in [0.3, 0.4) is 0 Å². The number of rotatable bonds is 6. The van der Waals surface area contributed by atoms with Gasteiger partial charge in [-0.05, 0) is 25.5 Å². The first-order chi connectivity index (χ1) is 13.8. The van der Waals surface area contributed by atoms with Crippen molar-refractivity contribution in [2.24, 2.45) is 0 Å². The summed E-state index contributed by atoms with van der Waals surface area (Å²) in [4.78, 5) is 8.69. The van der Waals surface area contributed by atoms with Crippen LogP contribution in [0.1, 0.15) is 25.8 Å². The highest BCUT2D eigenvalue weighted by Gasteiger charge is 2.35. The number of hydrogen-bond acceptors (Lipinski definition) is 4. The Bertz CT molecular complexity index is 974. The van der Waals surface area contributed by atoms with Crippen LogP contribution in [-0.2, 0) is 6.18 Å². The molecule has 0 fully saturated rings. The average Bonchev–Trinajstić information content (AvgIpc) is 2.69. The number of alkyl halides is 3. The van der Waals surface area contributed by atoms with E-state index in [1.54, 1.807) is 0 Å². The maximum atomic E-state index is 14.2. The largest absolute Gasteiger partial charge is 0.418 e. The maximum Gasteiger partial charge on any atom is 0.418 e. The molecule has 2 aromatic carbocycles. The lowest BCUT2D eigenvalue weighted by atomic mass is 10.1. The van der Waals surface area contributed by atoms with Crippen LogP contribution >= 0.6 is 0 Å². The molecule has 0 bridgehead atoms. The van der Waals surface area contributed by atoms with Gasteiger partial charge in [-0.2, -0.15) is 18.2 Å². The van der Waals surface area contributed by atoms with Crippen molar-refractivity contribution in [1.29, 1.82) is 0 Å². The molecule has 0 aliphatic rings. The molecule has 0 saturated carbocycles. The Labute approximate surface area is 166 Å². The lowest BCUT2D eigenvalue weighted by molar-refractivity contribution is -0.137. The molecule has 0 saturated heterocycles. The standard InChI is InChI=1S/C21H20F4N4/c1-3-13(2)26-20-27-17(14-8-5-4-6-9-14)12-18(29-20)28-19-15(21(23,24)25)10-7-11-16(19)22/h4-13H,3H2,1-2H3,(H2,26,27,28,29)/t13-/m0/s1. The molecule has 4 nitrogen and oxygen atoms in total. The summed E-state index contributed by atoms with van der Waals surface area (Å²) < 4.78 is 54.2. The van der Waals surface area contributed by atoms with E-state index in [0.29, 0.717) is 5.69 Å². The first-order valence-electron chi connectivity index (χ1n) is 9.11. The number of aromatic nitrogens is 2. The number of anilines is 3. The van der Waals surface area contributed by atoms with E-state index < -0.39 is 23.2 Å². The molecule has 2 N–H and O–H groups in total. The normalized spacial score (nSPS) is 12.5. The van der Waals surface area contributed by atoms with Gasteiger partial charge in [0.15, 0.2) is 0 Å². The molecule has 0 aliphatic carbocycles. The second kappa shape index (κ2) is 8.46. The number of nitrogens with one attached hydrogen (secondary N) is 2. The van der Waals surface area contributed by atoms with E-state index >= 15 is 0 Å². The summed E-state index contributed by atoms with van der Waals surface area (Å²) in [5.74, 6) is -0.718. The van der Waals surface area contributed by atoms with Crippen molar-refractivity contribution in [3.05, 3.63) is 66.0 Å². The monoisotopic (exact) mass is 404 g/mol. The number of nitrogens with zero attached hydrogens (tertiary/aromatic N) is 2. The van der Waals surface area contributed by atoms with E-state index in [1.165, 1.54) is 6.07 Å². The molecule has 8 heteroatoms. The van der Waals surface area contributed by atoms with Crippen LogP contribution in [0.15, 0.2) is 54.6 Å². The molecule has 0 unspecified atom stereocenters. The van der Waals surface area contributed by atoms with Crippen molar-refractivity contribution in [3.63, 3.8) is 0 Å². The molecule has 1 heterocycles. The summed E-state index contributed by atoms with van der Waals surface area (Å²) in [5.41, 5.74) is -0.519. The predicted molar refractivity (Wildman–Crippen MR) is 106 cm³/mol. The van der Waals surface area contributed by atoms with Gasteiger partial charge in [-0.25, -0.2) is 9.37 Å². The number of para-hydroxylation sites is 1. The van der Waals surface area contributed by atoms with Crippen LogP contribution in [0.2, 0.25) is 0 Å². The van der Waals surface area contributed by atoms with Crippen LogP contribution in [0.5, 0.6) is 0 Å². The van der Waals surface area contributed by atoms with Gasteiger partial charge in [-0.1, -0.05) is 43.3 Å². The lowest BCUT2D eigenvalue weighted by Crippen LogP contribution is -2.17. The summed E-state index contributed by atoms with van der Waals surface area (Å²) in [6.07, 6.45) is -3.91. The Hall–Kier alpha value is -3.16. The summed E-state index contributed by atoms with van der Waals surface area (Å²) in [7, 11) is 0. The van der Waals surface area contributed by atoms with Gasteiger partial charge < -0.3 is 10.6 Å². The van der Waals surface area contributed by atoms with Gasteiger partial charge in [0, 0.05) is 17.7 Å². The van der Waals surface area contributed by atoms with Gasteiger partial charge in [-0.15, -0.1) is 0 Å². The lowest BCUT2D eigenvalue weighted by Gasteiger charge is -2.17. The molecule has 0 aliphatic heterocycles. The minimum Gasteiger partial charge on any atom is -0.352 e. The van der Waals surface area contributed by atoms with E-state index in [2.05, 4.69) is 20.6 Å². The topological polar surface area (TPSA) is 49.8 Å². The van der Waals surface area contributed by atoms with Crippen molar-refractivity contribution >= 4 is 17.5 Å². The van der Waals surface area contributed by atoms with Crippen molar-refractivity contribution in [1.82, 2.24) is 9.97 Å². The molecule has 0 radical (unpaired) electrons. The number of halogens is 4. The van der Waals surface area contributed by atoms with Crippen LogP contribution in [0.4, 0.5) is 35.0 Å². The third kappa shape index (κ3) is 5.01. The molecule has 0 spiro atoms. The fourth-order valence-corrected chi connectivity index (χ4v) is 2.67. The fourth-order valence-electron chi connectivity index (χ4n) is 2.67. The molecule has 29 heavy (non-hydrogen) atoms. The maximum absolute atomic E-state index is 14.2. The highest BCUT2D eigenvalue weighted by molar-refractivity contribution is 5.69. The van der Waals surface area contributed by atoms with E-state index in [0.717, 1.165) is 30.2 Å². The third-order valence-corrected chi connectivity index (χ3v) is 4.36. The summed E-state index contributed by atoms with van der Waals surface area (Å²) >= 11 is 0. The van der Waals surface area contributed by atoms with Crippen LogP contribution in [0.25, 0.3) is 11.3 Å². The Morgan fingerprint density at radius 1 is 1.00 bits per heavy atom. The Kier molecular flexibility index (Phi) is 6.00. The van der Waals surface area contributed by atoms with Crippen molar-refractivity contribution < 1.29 is 17.6 Å². The molecule has 152 valence electrons. The third-order valence-electron chi connectivity index (χ3n) is 4.36. The van der Waals surface area contributed by atoms with Crippen LogP contribution in [0, 0.1) is 5.82 Å². The van der Waals surface area contributed by atoms with E-state index in [1.807, 2.05) is 44.2 Å². The van der Waals surface area contributed by atoms with Gasteiger partial charge in [0.25, 0.3) is 0 Å². The molecule has 1 aromatic heterocycles. The van der Waals surface area contributed by atoms with Gasteiger partial charge in [-0.3, -0.25) is 0 Å². The van der Waals surface area contributed by atoms with Crippen LogP contribution in [-0.4, -0.2) is 16.0 Å². The highest BCUT2D eigenvalue weighted by atomic mass is 19.4. The molecule has 3 rings (SSSR count). The quantitative estimate of drug-likeness (QED) is 0.477. The SMILES string of the molecule is CC[C@H](C)Nc1nc(Nc2c(F)cccc2C(F)(F)F)cc(-c2ccccc2)n1. The number of hydrogen-bond donors (Lipinski definition) is 2. The van der Waals surface area contributed by atoms with Crippen molar-refractivity contribution in [3.8, 4) is 11.3 Å². The van der Waals surface area contributed by atoms with Crippen LogP contribution < -0.4 is 10.6 Å². The van der Waals surface area contributed by atoms with Crippen molar-refractivity contribution in [2.75, 3.05) is 10.6 Å². The van der Waals surface area contributed by atoms with Gasteiger partial charge in [0.2, 0.25) is 5.95 Å². The second-order valence-electron chi connectivity index (χ2n) is 6.57. The van der Waals surface area contributed by atoms with Gasteiger partial charge in [0.1, 0.15) is 11.6 Å². The Balaban J connectivity index is 2.07. The zero-order valence-electron chi connectivity index (χ0n) is 15.9. The summed E-state index contributed by atoms with van der Waals surface area (Å²) in [5, 5.41) is 5.61. The minimum absolute atomic E-state index is 0.0491. The van der Waals surface area contributed by atoms with Gasteiger partial charge in [0.05, 0.1) is 16.9 Å². The first-order valence-corrected chi connectivity index (χ1v) is 9.11. The predicted octanol–water partition coefficient (Wildman–Crippen LogP) is 6.26. The first kappa shape index (κ1) is 20.6. The van der Waals surface area contributed by atoms with E-state index in [-0.39, 0.29) is 17.8 Å². The Morgan fingerprint density at radius 2 is 1.72 bits per heavy atom. The molecule has 0 amide bonds. The molecular weight excluding hydrogens is 384 g/mol. The zero-order valence-corrected chi connectivity index (χ0v) is 15.9. The number of benzene rings is 2. The smallest absolute Gasteiger partial charge is 0.352 e. The molecular formula is C21H20F4N4. The van der Waals surface area contributed by atoms with E-state index in [4.69, 9.17) is 0 Å². The fraction of sp³-hybridized carbons (Fsp3) is 0.238. The molecule has 3 aromatic rings. The summed E-state index contributed by atoms with van der Waals surface area (Å²) in [6.45, 7) is 3.91. The average molecular weight is 404 g/mol. The molecule has 1 atom stereocenters. The van der Waals surface area contributed by atoms with Gasteiger partial charge >= 0.3 is 6.18 Å². The zero-order chi connectivity index (χ0) is 21.0. The summed E-state index contributed by atoms with van der Waals surface area (Å²) in [6, 6.07) is 13.5. The van der Waals surface area contributed by atoms with Crippen molar-refractivity contribution in [2.45, 2.75) is 32.5 Å². The highest BCUT2D eigenvalue weighted by Crippen LogP contribution is 2.37.